The molecule has 0 saturated carbocycles. The van der Waals surface area contributed by atoms with Crippen molar-refractivity contribution in [2.45, 2.75) is 17.7 Å². The van der Waals surface area contributed by atoms with Gasteiger partial charge in [-0.15, -0.1) is 0 Å². The van der Waals surface area contributed by atoms with E-state index in [0.29, 0.717) is 30.2 Å². The number of benzene rings is 2. The number of carbonyl (C=O) groups is 1. The molecule has 0 unspecified atom stereocenters. The van der Waals surface area contributed by atoms with E-state index in [0.717, 1.165) is 12.8 Å². The van der Waals surface area contributed by atoms with Crippen molar-refractivity contribution in [3.63, 3.8) is 0 Å². The molecule has 2 aromatic rings. The maximum Gasteiger partial charge on any atom is 0.323 e. The zero-order valence-corrected chi connectivity index (χ0v) is 15.3. The molecule has 7 nitrogen and oxygen atoms in total. The molecule has 0 bridgehead atoms. The maximum atomic E-state index is 12.7. The summed E-state index contributed by atoms with van der Waals surface area (Å²) in [6.07, 6.45) is 1.72. The van der Waals surface area contributed by atoms with Crippen molar-refractivity contribution in [2.24, 2.45) is 0 Å². The molecular weight excluding hydrogens is 354 g/mol. The molecular formula is C18H21N3O4S. The van der Waals surface area contributed by atoms with Gasteiger partial charge in [0.05, 0.1) is 17.7 Å². The lowest BCUT2D eigenvalue weighted by molar-refractivity contribution is 0.262. The topological polar surface area (TPSA) is 87.7 Å². The lowest BCUT2D eigenvalue weighted by Crippen LogP contribution is -2.28. The van der Waals surface area contributed by atoms with Gasteiger partial charge in [-0.3, -0.25) is 0 Å². The summed E-state index contributed by atoms with van der Waals surface area (Å²) in [6, 6.07) is 12.9. The Morgan fingerprint density at radius 1 is 1.04 bits per heavy atom. The van der Waals surface area contributed by atoms with E-state index in [4.69, 9.17) is 4.74 Å². The van der Waals surface area contributed by atoms with E-state index in [1.165, 1.54) is 23.5 Å². The zero-order valence-electron chi connectivity index (χ0n) is 14.4. The molecule has 0 aromatic heterocycles. The Balaban J connectivity index is 1.82. The van der Waals surface area contributed by atoms with E-state index in [1.54, 1.807) is 30.3 Å². The van der Waals surface area contributed by atoms with Crippen molar-refractivity contribution in [2.75, 3.05) is 30.8 Å². The second kappa shape index (κ2) is 7.76. The first-order valence-electron chi connectivity index (χ1n) is 8.32. The predicted octanol–water partition coefficient (Wildman–Crippen LogP) is 3.12. The molecule has 0 aliphatic carbocycles. The summed E-state index contributed by atoms with van der Waals surface area (Å²) >= 11 is 0. The molecule has 1 fully saturated rings. The molecule has 8 heteroatoms. The van der Waals surface area contributed by atoms with Crippen LogP contribution in [0.2, 0.25) is 0 Å². The quantitative estimate of drug-likeness (QED) is 0.840. The van der Waals surface area contributed by atoms with E-state index in [9.17, 15) is 13.2 Å². The average molecular weight is 375 g/mol. The number of carbonyl (C=O) groups excluding carboxylic acids is 1. The van der Waals surface area contributed by atoms with E-state index in [-0.39, 0.29) is 4.90 Å². The van der Waals surface area contributed by atoms with Gasteiger partial charge in [-0.2, -0.15) is 4.31 Å². The van der Waals surface area contributed by atoms with Crippen LogP contribution in [0.5, 0.6) is 5.75 Å². The van der Waals surface area contributed by atoms with Crippen LogP contribution in [-0.4, -0.2) is 39.0 Å². The highest BCUT2D eigenvalue weighted by Crippen LogP contribution is 2.30. The molecule has 2 N–H and O–H groups in total. The third-order valence-electron chi connectivity index (χ3n) is 4.15. The minimum Gasteiger partial charge on any atom is -0.495 e. The fourth-order valence-electron chi connectivity index (χ4n) is 2.83. The minimum absolute atomic E-state index is 0.134. The SMILES string of the molecule is COc1ccc(S(=O)(=O)N2CCCC2)cc1NC(=O)Nc1ccccc1. The molecule has 1 aliphatic heterocycles. The second-order valence-corrected chi connectivity index (χ2v) is 7.86. The number of nitrogens with zero attached hydrogens (tertiary/aromatic N) is 1. The second-order valence-electron chi connectivity index (χ2n) is 5.92. The molecule has 0 spiro atoms. The molecule has 0 atom stereocenters. The first-order chi connectivity index (χ1) is 12.5. The lowest BCUT2D eigenvalue weighted by atomic mass is 10.3. The normalized spacial score (nSPS) is 14.8. The Labute approximate surface area is 153 Å². The number of methoxy groups -OCH3 is 1. The van der Waals surface area contributed by atoms with Crippen LogP contribution in [0.1, 0.15) is 12.8 Å². The van der Waals surface area contributed by atoms with Gasteiger partial charge in [0.25, 0.3) is 0 Å². The number of ether oxygens (including phenoxy) is 1. The van der Waals surface area contributed by atoms with Crippen molar-refractivity contribution in [3.05, 3.63) is 48.5 Å². The number of rotatable bonds is 5. The van der Waals surface area contributed by atoms with Crippen LogP contribution >= 0.6 is 0 Å². The first-order valence-corrected chi connectivity index (χ1v) is 9.76. The molecule has 138 valence electrons. The monoisotopic (exact) mass is 375 g/mol. The summed E-state index contributed by atoms with van der Waals surface area (Å²) in [7, 11) is -2.11. The number of hydrogen-bond acceptors (Lipinski definition) is 4. The maximum absolute atomic E-state index is 12.7. The van der Waals surface area contributed by atoms with Gasteiger partial charge in [0, 0.05) is 18.8 Å². The van der Waals surface area contributed by atoms with E-state index >= 15 is 0 Å². The fourth-order valence-corrected chi connectivity index (χ4v) is 4.37. The van der Waals surface area contributed by atoms with Gasteiger partial charge in [0.1, 0.15) is 5.75 Å². The van der Waals surface area contributed by atoms with Crippen molar-refractivity contribution < 1.29 is 17.9 Å². The molecule has 0 radical (unpaired) electrons. The Hall–Kier alpha value is -2.58. The standard InChI is InChI=1S/C18H21N3O4S/c1-25-17-10-9-15(26(23,24)21-11-5-6-12-21)13-16(17)20-18(22)19-14-7-3-2-4-8-14/h2-4,7-10,13H,5-6,11-12H2,1H3,(H2,19,20,22). The van der Waals surface area contributed by atoms with Crippen LogP contribution < -0.4 is 15.4 Å². The van der Waals surface area contributed by atoms with Gasteiger partial charge >= 0.3 is 6.03 Å². The first kappa shape index (κ1) is 18.2. The summed E-state index contributed by atoms with van der Waals surface area (Å²) in [5.41, 5.74) is 0.922. The number of sulfonamides is 1. The third-order valence-corrected chi connectivity index (χ3v) is 6.05. The molecule has 3 rings (SSSR count). The van der Waals surface area contributed by atoms with Crippen LogP contribution in [-0.2, 0) is 10.0 Å². The smallest absolute Gasteiger partial charge is 0.323 e. The van der Waals surface area contributed by atoms with Crippen molar-refractivity contribution in [1.82, 2.24) is 4.31 Å². The molecule has 26 heavy (non-hydrogen) atoms. The molecule has 2 amide bonds. The number of amides is 2. The Morgan fingerprint density at radius 3 is 2.38 bits per heavy atom. The van der Waals surface area contributed by atoms with E-state index in [1.807, 2.05) is 6.07 Å². The van der Waals surface area contributed by atoms with Gasteiger partial charge in [0.2, 0.25) is 10.0 Å². The van der Waals surface area contributed by atoms with E-state index < -0.39 is 16.1 Å². The Kier molecular flexibility index (Phi) is 5.43. The Morgan fingerprint density at radius 2 is 1.73 bits per heavy atom. The molecule has 1 saturated heterocycles. The number of nitrogens with one attached hydrogen (secondary N) is 2. The molecule has 1 aliphatic rings. The van der Waals surface area contributed by atoms with Crippen molar-refractivity contribution in [3.8, 4) is 5.75 Å². The minimum atomic E-state index is -3.57. The van der Waals surface area contributed by atoms with Crippen LogP contribution in [0.4, 0.5) is 16.2 Å². The number of hydrogen-bond donors (Lipinski definition) is 2. The highest BCUT2D eigenvalue weighted by molar-refractivity contribution is 7.89. The average Bonchev–Trinajstić information content (AvgIpc) is 3.18. The largest absolute Gasteiger partial charge is 0.495 e. The summed E-state index contributed by atoms with van der Waals surface area (Å²) in [4.78, 5) is 12.4. The van der Waals surface area contributed by atoms with Crippen LogP contribution in [0.15, 0.2) is 53.4 Å². The third kappa shape index (κ3) is 3.97. The summed E-state index contributed by atoms with van der Waals surface area (Å²) in [5.74, 6) is 0.383. The van der Waals surface area contributed by atoms with Crippen LogP contribution in [0.3, 0.4) is 0 Å². The number of anilines is 2. The molecule has 2 aromatic carbocycles. The van der Waals surface area contributed by atoms with Gasteiger partial charge in [-0.05, 0) is 43.2 Å². The van der Waals surface area contributed by atoms with Crippen LogP contribution in [0.25, 0.3) is 0 Å². The molecule has 1 heterocycles. The van der Waals surface area contributed by atoms with Crippen molar-refractivity contribution >= 4 is 27.4 Å². The van der Waals surface area contributed by atoms with Gasteiger partial charge < -0.3 is 15.4 Å². The van der Waals surface area contributed by atoms with E-state index in [2.05, 4.69) is 10.6 Å². The highest BCUT2D eigenvalue weighted by atomic mass is 32.2. The summed E-state index contributed by atoms with van der Waals surface area (Å²) < 4.78 is 32.1. The van der Waals surface area contributed by atoms with Crippen LogP contribution in [0, 0.1) is 0 Å². The van der Waals surface area contributed by atoms with Gasteiger partial charge in [-0.1, -0.05) is 18.2 Å². The van der Waals surface area contributed by atoms with Gasteiger partial charge in [-0.25, -0.2) is 13.2 Å². The predicted molar refractivity (Wildman–Crippen MR) is 100 cm³/mol. The summed E-state index contributed by atoms with van der Waals surface area (Å²) in [5, 5.41) is 5.34. The zero-order chi connectivity index (χ0) is 18.6. The van der Waals surface area contributed by atoms with Gasteiger partial charge in [0.15, 0.2) is 0 Å². The fraction of sp³-hybridized carbons (Fsp3) is 0.278. The summed E-state index contributed by atoms with van der Waals surface area (Å²) in [6.45, 7) is 1.04. The number of urea groups is 1. The van der Waals surface area contributed by atoms with Crippen molar-refractivity contribution in [1.29, 1.82) is 0 Å². The Bertz CT molecular complexity index is 879. The lowest BCUT2D eigenvalue weighted by Gasteiger charge is -2.17. The highest BCUT2D eigenvalue weighted by Gasteiger charge is 2.28. The number of para-hydroxylation sites is 1.